The third-order valence-corrected chi connectivity index (χ3v) is 4.27. The maximum Gasteiger partial charge on any atom is 0.272 e. The fourth-order valence-electron chi connectivity index (χ4n) is 3.02. The van der Waals surface area contributed by atoms with Crippen molar-refractivity contribution in [3.8, 4) is 17.1 Å². The zero-order chi connectivity index (χ0) is 19.4. The molecule has 2 aromatic heterocycles. The first-order chi connectivity index (χ1) is 13.0. The molecule has 142 valence electrons. The molecule has 1 amide bonds. The van der Waals surface area contributed by atoms with Crippen LogP contribution in [0.15, 0.2) is 46.9 Å². The second-order valence-electron chi connectivity index (χ2n) is 6.51. The molecule has 0 spiro atoms. The van der Waals surface area contributed by atoms with Gasteiger partial charge in [0.2, 0.25) is 0 Å². The van der Waals surface area contributed by atoms with Crippen molar-refractivity contribution in [2.75, 3.05) is 13.1 Å². The second-order valence-corrected chi connectivity index (χ2v) is 6.51. The van der Waals surface area contributed by atoms with Crippen molar-refractivity contribution in [1.82, 2.24) is 14.7 Å². The van der Waals surface area contributed by atoms with Gasteiger partial charge < -0.3 is 9.32 Å². The van der Waals surface area contributed by atoms with Crippen LogP contribution in [-0.4, -0.2) is 33.7 Å². The Bertz CT molecular complexity index is 906. The van der Waals surface area contributed by atoms with E-state index in [9.17, 15) is 9.18 Å². The highest BCUT2D eigenvalue weighted by Gasteiger charge is 2.23. The molecule has 0 N–H and O–H groups in total. The van der Waals surface area contributed by atoms with Crippen LogP contribution in [0.4, 0.5) is 4.39 Å². The monoisotopic (exact) mass is 369 g/mol. The zero-order valence-electron chi connectivity index (χ0n) is 15.9. The molecule has 0 aliphatic heterocycles. The number of nitrogens with zero attached hydrogens (tertiary/aromatic N) is 3. The molecule has 0 bridgehead atoms. The van der Waals surface area contributed by atoms with Crippen molar-refractivity contribution in [3.63, 3.8) is 0 Å². The first kappa shape index (κ1) is 18.9. The molecule has 0 saturated heterocycles. The minimum Gasteiger partial charge on any atom is -0.460 e. The first-order valence-corrected chi connectivity index (χ1v) is 9.25. The van der Waals surface area contributed by atoms with Gasteiger partial charge in [-0.15, -0.1) is 0 Å². The van der Waals surface area contributed by atoms with Crippen LogP contribution in [-0.2, 0) is 0 Å². The average molecular weight is 369 g/mol. The maximum atomic E-state index is 13.3. The summed E-state index contributed by atoms with van der Waals surface area (Å²) in [5, 5.41) is 4.57. The molecule has 1 aromatic carbocycles. The molecule has 0 saturated carbocycles. The van der Waals surface area contributed by atoms with Crippen LogP contribution in [0.1, 0.15) is 42.9 Å². The number of carbonyl (C=O) groups is 1. The molecular weight excluding hydrogens is 345 g/mol. The third kappa shape index (κ3) is 4.10. The number of carbonyl (C=O) groups excluding carboxylic acids is 1. The number of halogens is 1. The van der Waals surface area contributed by atoms with Crippen molar-refractivity contribution in [2.24, 2.45) is 0 Å². The maximum absolute atomic E-state index is 13.3. The van der Waals surface area contributed by atoms with Crippen molar-refractivity contribution < 1.29 is 13.6 Å². The molecule has 0 atom stereocenters. The summed E-state index contributed by atoms with van der Waals surface area (Å²) in [6, 6.07) is 11.4. The molecule has 0 aliphatic rings. The quantitative estimate of drug-likeness (QED) is 0.599. The lowest BCUT2D eigenvalue weighted by Crippen LogP contribution is -2.33. The number of amides is 1. The highest BCUT2D eigenvalue weighted by molar-refractivity contribution is 5.94. The molecule has 27 heavy (non-hydrogen) atoms. The Morgan fingerprint density at radius 2 is 1.78 bits per heavy atom. The molecular formula is C21H24FN3O2. The predicted molar refractivity (Wildman–Crippen MR) is 102 cm³/mol. The van der Waals surface area contributed by atoms with Crippen molar-refractivity contribution in [1.29, 1.82) is 0 Å². The summed E-state index contributed by atoms with van der Waals surface area (Å²) in [6.07, 6.45) is 1.75. The van der Waals surface area contributed by atoms with E-state index in [0.717, 1.165) is 18.6 Å². The van der Waals surface area contributed by atoms with Crippen LogP contribution in [0.5, 0.6) is 0 Å². The number of hydrogen-bond donors (Lipinski definition) is 0. The van der Waals surface area contributed by atoms with Gasteiger partial charge in [0, 0.05) is 19.2 Å². The Hall–Kier alpha value is -2.89. The minimum absolute atomic E-state index is 0.0925. The Balaban J connectivity index is 2.08. The van der Waals surface area contributed by atoms with Crippen molar-refractivity contribution in [2.45, 2.75) is 33.6 Å². The normalized spacial score (nSPS) is 11.0. The number of rotatable bonds is 7. The lowest BCUT2D eigenvalue weighted by atomic mass is 10.2. The van der Waals surface area contributed by atoms with E-state index in [4.69, 9.17) is 4.42 Å². The molecule has 2 heterocycles. The number of aryl methyl sites for hydroxylation is 1. The second kappa shape index (κ2) is 8.20. The summed E-state index contributed by atoms with van der Waals surface area (Å²) in [6.45, 7) is 7.30. The summed E-state index contributed by atoms with van der Waals surface area (Å²) in [5.74, 6) is 0.942. The summed E-state index contributed by atoms with van der Waals surface area (Å²) in [7, 11) is 0. The molecule has 5 nitrogen and oxygen atoms in total. The van der Waals surface area contributed by atoms with E-state index in [0.29, 0.717) is 35.9 Å². The Kier molecular flexibility index (Phi) is 5.74. The number of benzene rings is 1. The summed E-state index contributed by atoms with van der Waals surface area (Å²) in [5.41, 5.74) is 1.64. The van der Waals surface area contributed by atoms with Gasteiger partial charge in [-0.2, -0.15) is 5.10 Å². The molecule has 3 rings (SSSR count). The summed E-state index contributed by atoms with van der Waals surface area (Å²) in [4.78, 5) is 15.0. The Morgan fingerprint density at radius 1 is 1.11 bits per heavy atom. The third-order valence-electron chi connectivity index (χ3n) is 4.27. The van der Waals surface area contributed by atoms with E-state index in [2.05, 4.69) is 5.10 Å². The highest BCUT2D eigenvalue weighted by atomic mass is 19.1. The van der Waals surface area contributed by atoms with Gasteiger partial charge >= 0.3 is 0 Å². The number of furan rings is 1. The van der Waals surface area contributed by atoms with E-state index < -0.39 is 0 Å². The van der Waals surface area contributed by atoms with Crippen molar-refractivity contribution in [3.05, 3.63) is 59.7 Å². The molecule has 0 fully saturated rings. The molecule has 6 heteroatoms. The van der Waals surface area contributed by atoms with E-state index >= 15 is 0 Å². The van der Waals surface area contributed by atoms with Gasteiger partial charge in [-0.1, -0.05) is 13.8 Å². The topological polar surface area (TPSA) is 51.3 Å². The molecule has 0 unspecified atom stereocenters. The molecule has 0 radical (unpaired) electrons. The smallest absolute Gasteiger partial charge is 0.272 e. The Morgan fingerprint density at radius 3 is 2.33 bits per heavy atom. The first-order valence-electron chi connectivity index (χ1n) is 9.25. The van der Waals surface area contributed by atoms with E-state index in [1.807, 2.05) is 37.8 Å². The fraction of sp³-hybridized carbons (Fsp3) is 0.333. The largest absolute Gasteiger partial charge is 0.460 e. The fourth-order valence-corrected chi connectivity index (χ4v) is 3.02. The van der Waals surface area contributed by atoms with Gasteiger partial charge in [-0.25, -0.2) is 9.07 Å². The predicted octanol–water partition coefficient (Wildman–Crippen LogP) is 4.84. The number of hydrogen-bond acceptors (Lipinski definition) is 3. The van der Waals surface area contributed by atoms with Crippen LogP contribution >= 0.6 is 0 Å². The van der Waals surface area contributed by atoms with Crippen LogP contribution in [0, 0.1) is 12.7 Å². The van der Waals surface area contributed by atoms with E-state index in [1.165, 1.54) is 12.1 Å². The average Bonchev–Trinajstić information content (AvgIpc) is 3.28. The van der Waals surface area contributed by atoms with Crippen LogP contribution in [0.2, 0.25) is 0 Å². The van der Waals surface area contributed by atoms with Gasteiger partial charge in [0.05, 0.1) is 5.69 Å². The standard InChI is InChI=1S/C21H24FN3O2/c1-4-12-24(13-5-2)21(26)19-14-18(20-11-6-15(3)27-20)23-25(19)17-9-7-16(22)8-10-17/h6-11,14H,4-5,12-13H2,1-3H3. The van der Waals surface area contributed by atoms with Crippen LogP contribution in [0.25, 0.3) is 17.1 Å². The van der Waals surface area contributed by atoms with Gasteiger partial charge in [0.25, 0.3) is 5.91 Å². The zero-order valence-corrected chi connectivity index (χ0v) is 15.9. The van der Waals surface area contributed by atoms with E-state index in [1.54, 1.807) is 22.9 Å². The molecule has 0 aliphatic carbocycles. The van der Waals surface area contributed by atoms with Gasteiger partial charge in [-0.05, 0) is 56.2 Å². The van der Waals surface area contributed by atoms with Crippen LogP contribution in [0.3, 0.4) is 0 Å². The lowest BCUT2D eigenvalue weighted by Gasteiger charge is -2.21. The van der Waals surface area contributed by atoms with Crippen LogP contribution < -0.4 is 0 Å². The minimum atomic E-state index is -0.334. The van der Waals surface area contributed by atoms with Crippen molar-refractivity contribution >= 4 is 5.91 Å². The summed E-state index contributed by atoms with van der Waals surface area (Å²) < 4.78 is 20.6. The Labute approximate surface area is 158 Å². The number of aromatic nitrogens is 2. The lowest BCUT2D eigenvalue weighted by molar-refractivity contribution is 0.0746. The molecule has 3 aromatic rings. The summed E-state index contributed by atoms with van der Waals surface area (Å²) >= 11 is 0. The van der Waals surface area contributed by atoms with E-state index in [-0.39, 0.29) is 11.7 Å². The SMILES string of the molecule is CCCN(CCC)C(=O)c1cc(-c2ccc(C)o2)nn1-c1ccc(F)cc1. The van der Waals surface area contributed by atoms with Gasteiger partial charge in [0.1, 0.15) is 23.0 Å². The van der Waals surface area contributed by atoms with Gasteiger partial charge in [0.15, 0.2) is 5.76 Å². The highest BCUT2D eigenvalue weighted by Crippen LogP contribution is 2.25. The van der Waals surface area contributed by atoms with Gasteiger partial charge in [-0.3, -0.25) is 4.79 Å².